The van der Waals surface area contributed by atoms with Gasteiger partial charge in [-0.2, -0.15) is 0 Å². The van der Waals surface area contributed by atoms with E-state index in [0.717, 1.165) is 11.3 Å². The van der Waals surface area contributed by atoms with Crippen molar-refractivity contribution in [1.82, 2.24) is 10.3 Å². The Morgan fingerprint density at radius 1 is 1.54 bits per heavy atom. The van der Waals surface area contributed by atoms with Gasteiger partial charge < -0.3 is 10.3 Å². The molecule has 0 fully saturated rings. The van der Waals surface area contributed by atoms with Crippen LogP contribution in [0.1, 0.15) is 29.2 Å². The molecule has 0 aliphatic rings. The number of rotatable bonds is 2. The van der Waals surface area contributed by atoms with Crippen LogP contribution in [-0.2, 0) is 0 Å². The molecule has 0 aliphatic heterocycles. The first-order valence-electron chi connectivity index (χ1n) is 4.01. The lowest BCUT2D eigenvalue weighted by Crippen LogP contribution is -2.29. The molecule has 4 nitrogen and oxygen atoms in total. The van der Waals surface area contributed by atoms with Crippen LogP contribution >= 0.6 is 11.3 Å². The van der Waals surface area contributed by atoms with Gasteiger partial charge in [0.2, 0.25) is 0 Å². The number of carbonyl (C=O) groups excluding carboxylic acids is 1. The van der Waals surface area contributed by atoms with E-state index in [-0.39, 0.29) is 16.8 Å². The lowest BCUT2D eigenvalue weighted by atomic mass is 10.3. The molecule has 1 heterocycles. The van der Waals surface area contributed by atoms with Gasteiger partial charge in [0, 0.05) is 11.7 Å². The molecule has 2 N–H and O–H groups in total. The summed E-state index contributed by atoms with van der Waals surface area (Å²) in [5.74, 6) is -0.184. The van der Waals surface area contributed by atoms with Gasteiger partial charge >= 0.3 is 4.87 Å². The third-order valence-electron chi connectivity index (χ3n) is 1.45. The lowest BCUT2D eigenvalue weighted by Gasteiger charge is -2.06. The Bertz CT molecular complexity index is 364. The van der Waals surface area contributed by atoms with Crippen molar-refractivity contribution in [3.8, 4) is 0 Å². The highest BCUT2D eigenvalue weighted by molar-refractivity contribution is 7.11. The van der Waals surface area contributed by atoms with Gasteiger partial charge in [0.1, 0.15) is 4.88 Å². The standard InChI is InChI=1S/C8H12N2O2S/c1-4(2)9-7(11)6-5(3)10-8(12)13-6/h4H,1-3H3,(H,9,11)(H,10,12). The fourth-order valence-electron chi connectivity index (χ4n) is 0.949. The van der Waals surface area contributed by atoms with Crippen LogP contribution in [0.4, 0.5) is 0 Å². The molecule has 72 valence electrons. The van der Waals surface area contributed by atoms with E-state index in [1.807, 2.05) is 13.8 Å². The van der Waals surface area contributed by atoms with Gasteiger partial charge in [-0.15, -0.1) is 0 Å². The number of H-pyrrole nitrogens is 1. The summed E-state index contributed by atoms with van der Waals surface area (Å²) in [7, 11) is 0. The first-order valence-corrected chi connectivity index (χ1v) is 4.83. The van der Waals surface area contributed by atoms with Crippen LogP contribution in [0.25, 0.3) is 0 Å². The first-order chi connectivity index (χ1) is 6.00. The van der Waals surface area contributed by atoms with Crippen LogP contribution in [0, 0.1) is 6.92 Å². The number of aromatic nitrogens is 1. The minimum absolute atomic E-state index is 0.0871. The van der Waals surface area contributed by atoms with E-state index in [1.54, 1.807) is 6.92 Å². The molecule has 1 aromatic rings. The van der Waals surface area contributed by atoms with Gasteiger partial charge in [-0.05, 0) is 20.8 Å². The van der Waals surface area contributed by atoms with Gasteiger partial charge in [0.05, 0.1) is 0 Å². The van der Waals surface area contributed by atoms with Crippen molar-refractivity contribution in [2.45, 2.75) is 26.8 Å². The van der Waals surface area contributed by atoms with E-state index in [2.05, 4.69) is 10.3 Å². The molecular formula is C8H12N2O2S. The average Bonchev–Trinajstić information content (AvgIpc) is 2.28. The van der Waals surface area contributed by atoms with Crippen LogP contribution in [-0.4, -0.2) is 16.9 Å². The topological polar surface area (TPSA) is 62.0 Å². The lowest BCUT2D eigenvalue weighted by molar-refractivity contribution is 0.0946. The van der Waals surface area contributed by atoms with Gasteiger partial charge in [-0.3, -0.25) is 9.59 Å². The Morgan fingerprint density at radius 2 is 2.15 bits per heavy atom. The van der Waals surface area contributed by atoms with Crippen molar-refractivity contribution in [2.75, 3.05) is 0 Å². The van der Waals surface area contributed by atoms with Crippen LogP contribution in [0.3, 0.4) is 0 Å². The molecule has 1 aromatic heterocycles. The summed E-state index contributed by atoms with van der Waals surface area (Å²) in [5, 5.41) is 2.73. The van der Waals surface area contributed by atoms with Gasteiger partial charge in [0.25, 0.3) is 5.91 Å². The molecule has 13 heavy (non-hydrogen) atoms. The molecule has 0 saturated carbocycles. The van der Waals surface area contributed by atoms with Gasteiger partial charge in [-0.1, -0.05) is 11.3 Å². The number of thiazole rings is 1. The van der Waals surface area contributed by atoms with E-state index < -0.39 is 0 Å². The maximum Gasteiger partial charge on any atom is 0.305 e. The Labute approximate surface area is 80.0 Å². The molecular weight excluding hydrogens is 188 g/mol. The fraction of sp³-hybridized carbons (Fsp3) is 0.500. The Kier molecular flexibility index (Phi) is 2.87. The predicted octanol–water partition coefficient (Wildman–Crippen LogP) is 0.883. The number of carbonyl (C=O) groups is 1. The minimum atomic E-state index is -0.189. The molecule has 0 atom stereocenters. The zero-order valence-corrected chi connectivity index (χ0v) is 8.62. The second-order valence-corrected chi connectivity index (χ2v) is 4.08. The van der Waals surface area contributed by atoms with Crippen molar-refractivity contribution < 1.29 is 4.79 Å². The highest BCUT2D eigenvalue weighted by Gasteiger charge is 2.13. The van der Waals surface area contributed by atoms with E-state index >= 15 is 0 Å². The zero-order chi connectivity index (χ0) is 10.0. The maximum atomic E-state index is 11.4. The van der Waals surface area contributed by atoms with Crippen LogP contribution < -0.4 is 10.2 Å². The minimum Gasteiger partial charge on any atom is -0.349 e. The summed E-state index contributed by atoms with van der Waals surface area (Å²) in [6.45, 7) is 5.47. The highest BCUT2D eigenvalue weighted by Crippen LogP contribution is 2.07. The number of nitrogens with one attached hydrogen (secondary N) is 2. The Hall–Kier alpha value is -1.10. The van der Waals surface area contributed by atoms with E-state index in [1.165, 1.54) is 0 Å². The number of aryl methyl sites for hydroxylation is 1. The van der Waals surface area contributed by atoms with E-state index in [9.17, 15) is 9.59 Å². The van der Waals surface area contributed by atoms with Crippen molar-refractivity contribution in [3.05, 3.63) is 20.2 Å². The smallest absolute Gasteiger partial charge is 0.305 e. The SMILES string of the molecule is Cc1[nH]c(=O)sc1C(=O)NC(C)C. The number of hydrogen-bond donors (Lipinski definition) is 2. The number of hydrogen-bond acceptors (Lipinski definition) is 3. The quantitative estimate of drug-likeness (QED) is 0.744. The molecule has 0 saturated heterocycles. The van der Waals surface area contributed by atoms with Gasteiger partial charge in [0.15, 0.2) is 0 Å². The average molecular weight is 200 g/mol. The van der Waals surface area contributed by atoms with Crippen molar-refractivity contribution >= 4 is 17.2 Å². The summed E-state index contributed by atoms with van der Waals surface area (Å²) in [4.78, 5) is 25.2. The van der Waals surface area contributed by atoms with Crippen LogP contribution in [0.15, 0.2) is 4.79 Å². The normalized spacial score (nSPS) is 10.5. The van der Waals surface area contributed by atoms with Crippen molar-refractivity contribution in [3.63, 3.8) is 0 Å². The zero-order valence-electron chi connectivity index (χ0n) is 7.80. The summed E-state index contributed by atoms with van der Waals surface area (Å²) in [6.07, 6.45) is 0. The second kappa shape index (κ2) is 3.74. The third kappa shape index (κ3) is 2.42. The largest absolute Gasteiger partial charge is 0.349 e. The molecule has 0 bridgehead atoms. The first kappa shape index (κ1) is 9.98. The summed E-state index contributed by atoms with van der Waals surface area (Å²) < 4.78 is 0. The van der Waals surface area contributed by atoms with Crippen molar-refractivity contribution in [2.24, 2.45) is 0 Å². The fourth-order valence-corrected chi connectivity index (χ4v) is 1.69. The summed E-state index contributed by atoms with van der Waals surface area (Å²) in [5.41, 5.74) is 0.633. The summed E-state index contributed by atoms with van der Waals surface area (Å²) in [6, 6.07) is 0.0871. The number of aromatic amines is 1. The Morgan fingerprint density at radius 3 is 2.54 bits per heavy atom. The second-order valence-electron chi connectivity index (χ2n) is 3.10. The summed E-state index contributed by atoms with van der Waals surface area (Å²) >= 11 is 0.941. The van der Waals surface area contributed by atoms with Crippen LogP contribution in [0.2, 0.25) is 0 Å². The highest BCUT2D eigenvalue weighted by atomic mass is 32.1. The van der Waals surface area contributed by atoms with E-state index in [4.69, 9.17) is 0 Å². The molecule has 0 aliphatic carbocycles. The number of amides is 1. The van der Waals surface area contributed by atoms with Crippen molar-refractivity contribution in [1.29, 1.82) is 0 Å². The van der Waals surface area contributed by atoms with E-state index in [0.29, 0.717) is 10.6 Å². The monoisotopic (exact) mass is 200 g/mol. The van der Waals surface area contributed by atoms with Crippen LogP contribution in [0.5, 0.6) is 0 Å². The molecule has 0 spiro atoms. The predicted molar refractivity (Wildman–Crippen MR) is 52.3 cm³/mol. The molecule has 5 heteroatoms. The molecule has 1 rings (SSSR count). The molecule has 0 radical (unpaired) electrons. The third-order valence-corrected chi connectivity index (χ3v) is 2.43. The Balaban J connectivity index is 2.89. The van der Waals surface area contributed by atoms with Gasteiger partial charge in [-0.25, -0.2) is 0 Å². The maximum absolute atomic E-state index is 11.4. The molecule has 0 unspecified atom stereocenters. The molecule has 1 amide bonds. The molecule has 0 aromatic carbocycles.